The molecule has 0 amide bonds. The van der Waals surface area contributed by atoms with E-state index in [-0.39, 0.29) is 16.9 Å². The van der Waals surface area contributed by atoms with Crippen LogP contribution < -0.4 is 4.72 Å². The van der Waals surface area contributed by atoms with Gasteiger partial charge in [0.1, 0.15) is 0 Å². The lowest BCUT2D eigenvalue weighted by molar-refractivity contribution is 0.204. The smallest absolute Gasteiger partial charge is 0.240 e. The highest BCUT2D eigenvalue weighted by molar-refractivity contribution is 7.93. The minimum absolute atomic E-state index is 0.125. The van der Waals surface area contributed by atoms with E-state index in [9.17, 15) is 8.42 Å². The van der Waals surface area contributed by atoms with Crippen molar-refractivity contribution in [1.29, 1.82) is 0 Å². The zero-order valence-corrected chi connectivity index (χ0v) is 15.3. The predicted octanol–water partition coefficient (Wildman–Crippen LogP) is 3.64. The summed E-state index contributed by atoms with van der Waals surface area (Å²) in [7, 11) is -1.90. The van der Waals surface area contributed by atoms with Gasteiger partial charge in [-0.3, -0.25) is 0 Å². The lowest BCUT2D eigenvalue weighted by Crippen LogP contribution is -2.27. The Bertz CT molecular complexity index is 446. The first-order chi connectivity index (χ1) is 9.87. The first kappa shape index (κ1) is 22.4. The molecule has 0 heterocycles. The molecule has 1 aliphatic carbocycles. The van der Waals surface area contributed by atoms with Gasteiger partial charge in [0.25, 0.3) is 0 Å². The van der Waals surface area contributed by atoms with Gasteiger partial charge in [-0.2, -0.15) is 0 Å². The molecule has 0 fully saturated rings. The van der Waals surface area contributed by atoms with Crippen LogP contribution >= 0.6 is 0 Å². The maximum Gasteiger partial charge on any atom is 0.240 e. The average molecular weight is 317 g/mol. The number of hydrogen-bond donors (Lipinski definition) is 1. The van der Waals surface area contributed by atoms with Gasteiger partial charge < -0.3 is 4.74 Å². The standard InChI is InChI=1S/C12H19NO3S.2C2H6/c1-12(2)7-4-5-11(6-8-12)17(14,15)13-9-10-16-3;2*1-2/h4-8,13H,9-10H2,1-3H3;2*1-2H3. The molecule has 0 spiro atoms. The van der Waals surface area contributed by atoms with Crippen molar-refractivity contribution < 1.29 is 13.2 Å². The highest BCUT2D eigenvalue weighted by Gasteiger charge is 2.17. The highest BCUT2D eigenvalue weighted by atomic mass is 32.2. The molecule has 0 aliphatic heterocycles. The molecule has 21 heavy (non-hydrogen) atoms. The Hall–Kier alpha value is -0.910. The second kappa shape index (κ2) is 11.7. The number of allylic oxidation sites excluding steroid dienone is 5. The molecule has 0 atom stereocenters. The zero-order chi connectivity index (χ0) is 16.9. The Labute approximate surface area is 131 Å². The fourth-order valence-electron chi connectivity index (χ4n) is 1.34. The van der Waals surface area contributed by atoms with Crippen molar-refractivity contribution in [1.82, 2.24) is 4.72 Å². The Morgan fingerprint density at radius 2 is 1.71 bits per heavy atom. The number of nitrogens with one attached hydrogen (secondary N) is 1. The second-order valence-corrected chi connectivity index (χ2v) is 6.24. The fraction of sp³-hybridized carbons (Fsp3) is 0.625. The fourth-order valence-corrected chi connectivity index (χ4v) is 2.36. The summed E-state index contributed by atoms with van der Waals surface area (Å²) in [6.07, 6.45) is 8.83. The van der Waals surface area contributed by atoms with Crippen molar-refractivity contribution in [2.45, 2.75) is 41.5 Å². The zero-order valence-electron chi connectivity index (χ0n) is 14.4. The van der Waals surface area contributed by atoms with Crippen LogP contribution in [0.3, 0.4) is 0 Å². The maximum atomic E-state index is 11.9. The molecule has 1 N–H and O–H groups in total. The number of ether oxygens (including phenoxy) is 1. The average Bonchev–Trinajstić information content (AvgIpc) is 2.65. The number of hydrogen-bond acceptors (Lipinski definition) is 3. The minimum atomic E-state index is -3.44. The Balaban J connectivity index is 0. The molecular weight excluding hydrogens is 286 g/mol. The number of rotatable bonds is 5. The van der Waals surface area contributed by atoms with E-state index in [4.69, 9.17) is 4.74 Å². The largest absolute Gasteiger partial charge is 0.383 e. The number of sulfonamides is 1. The summed E-state index contributed by atoms with van der Waals surface area (Å²) in [4.78, 5) is 0.274. The van der Waals surface area contributed by atoms with Crippen LogP contribution in [0.5, 0.6) is 0 Å². The lowest BCUT2D eigenvalue weighted by Gasteiger charge is -2.12. The van der Waals surface area contributed by atoms with Crippen molar-refractivity contribution in [2.75, 3.05) is 20.3 Å². The molecule has 0 bridgehead atoms. The van der Waals surface area contributed by atoms with Crippen LogP contribution in [0.15, 0.2) is 35.3 Å². The highest BCUT2D eigenvalue weighted by Crippen LogP contribution is 2.23. The van der Waals surface area contributed by atoms with Crippen molar-refractivity contribution in [3.8, 4) is 0 Å². The van der Waals surface area contributed by atoms with E-state index in [0.717, 1.165) is 0 Å². The van der Waals surface area contributed by atoms with Crippen molar-refractivity contribution in [3.05, 3.63) is 35.3 Å². The Morgan fingerprint density at radius 3 is 2.24 bits per heavy atom. The second-order valence-electron chi connectivity index (χ2n) is 4.47. The van der Waals surface area contributed by atoms with Crippen LogP contribution in [0.1, 0.15) is 41.5 Å². The maximum absolute atomic E-state index is 11.9. The minimum Gasteiger partial charge on any atom is -0.383 e. The van der Waals surface area contributed by atoms with Crippen LogP contribution in [0, 0.1) is 5.41 Å². The van der Waals surface area contributed by atoms with Crippen LogP contribution in [0.25, 0.3) is 0 Å². The summed E-state index contributed by atoms with van der Waals surface area (Å²) >= 11 is 0. The van der Waals surface area contributed by atoms with E-state index in [2.05, 4.69) is 4.72 Å². The van der Waals surface area contributed by atoms with E-state index < -0.39 is 10.0 Å². The molecule has 0 aromatic rings. The van der Waals surface area contributed by atoms with Gasteiger partial charge in [0.05, 0.1) is 11.5 Å². The van der Waals surface area contributed by atoms with E-state index in [1.807, 2.05) is 53.7 Å². The molecule has 124 valence electrons. The van der Waals surface area contributed by atoms with Crippen molar-refractivity contribution in [3.63, 3.8) is 0 Å². The third-order valence-electron chi connectivity index (χ3n) is 2.37. The van der Waals surface area contributed by atoms with Crippen LogP contribution in [0.2, 0.25) is 0 Å². The third kappa shape index (κ3) is 9.61. The van der Waals surface area contributed by atoms with Gasteiger partial charge in [-0.05, 0) is 12.2 Å². The van der Waals surface area contributed by atoms with Crippen molar-refractivity contribution in [2.24, 2.45) is 5.41 Å². The molecule has 0 saturated carbocycles. The molecule has 0 saturated heterocycles. The third-order valence-corrected chi connectivity index (χ3v) is 3.85. The quantitative estimate of drug-likeness (QED) is 0.788. The first-order valence-electron chi connectivity index (χ1n) is 7.45. The number of methoxy groups -OCH3 is 1. The van der Waals surface area contributed by atoms with Gasteiger partial charge in [0.15, 0.2) is 0 Å². The SMILES string of the molecule is CC.CC.COCCNS(=O)(=O)C1=CC=CC(C)(C)C=C1. The van der Waals surface area contributed by atoms with Gasteiger partial charge in [-0.1, -0.05) is 59.8 Å². The van der Waals surface area contributed by atoms with Gasteiger partial charge in [0, 0.05) is 19.1 Å². The first-order valence-corrected chi connectivity index (χ1v) is 8.93. The molecular formula is C16H31NO3S. The lowest BCUT2D eigenvalue weighted by atomic mass is 9.93. The molecule has 5 heteroatoms. The normalized spacial score (nSPS) is 15.9. The van der Waals surface area contributed by atoms with Gasteiger partial charge in [-0.15, -0.1) is 0 Å². The molecule has 0 aromatic carbocycles. The molecule has 1 aliphatic rings. The van der Waals surface area contributed by atoms with Gasteiger partial charge in [-0.25, -0.2) is 13.1 Å². The van der Waals surface area contributed by atoms with E-state index >= 15 is 0 Å². The summed E-state index contributed by atoms with van der Waals surface area (Å²) in [5.74, 6) is 0. The van der Waals surface area contributed by atoms with Crippen molar-refractivity contribution >= 4 is 10.0 Å². The molecule has 4 nitrogen and oxygen atoms in total. The van der Waals surface area contributed by atoms with Crippen LogP contribution in [-0.4, -0.2) is 28.7 Å². The molecule has 0 unspecified atom stereocenters. The molecule has 0 radical (unpaired) electrons. The monoisotopic (exact) mass is 317 g/mol. The van der Waals surface area contributed by atoms with E-state index in [1.54, 1.807) is 18.2 Å². The summed E-state index contributed by atoms with van der Waals surface area (Å²) in [6.45, 7) is 12.7. The van der Waals surface area contributed by atoms with Gasteiger partial charge in [0.2, 0.25) is 10.0 Å². The summed E-state index contributed by atoms with van der Waals surface area (Å²) < 4.78 is 31.1. The topological polar surface area (TPSA) is 55.4 Å². The summed E-state index contributed by atoms with van der Waals surface area (Å²) in [5.41, 5.74) is -0.125. The summed E-state index contributed by atoms with van der Waals surface area (Å²) in [5, 5.41) is 0. The molecule has 0 aromatic heterocycles. The summed E-state index contributed by atoms with van der Waals surface area (Å²) in [6, 6.07) is 0. The van der Waals surface area contributed by atoms with Gasteiger partial charge >= 0.3 is 0 Å². The Morgan fingerprint density at radius 1 is 1.14 bits per heavy atom. The van der Waals surface area contributed by atoms with E-state index in [1.165, 1.54) is 7.11 Å². The van der Waals surface area contributed by atoms with Crippen LogP contribution in [-0.2, 0) is 14.8 Å². The predicted molar refractivity (Wildman–Crippen MR) is 91.6 cm³/mol. The Kier molecular flexibility index (Phi) is 12.5. The molecule has 1 rings (SSSR count). The van der Waals surface area contributed by atoms with Crippen LogP contribution in [0.4, 0.5) is 0 Å². The van der Waals surface area contributed by atoms with E-state index in [0.29, 0.717) is 6.61 Å².